The maximum absolute atomic E-state index is 12.2. The lowest BCUT2D eigenvalue weighted by Crippen LogP contribution is -2.43. The molecule has 7 nitrogen and oxygen atoms in total. The Morgan fingerprint density at radius 3 is 2.03 bits per heavy atom. The van der Waals surface area contributed by atoms with Gasteiger partial charge < -0.3 is 20.5 Å². The summed E-state index contributed by atoms with van der Waals surface area (Å²) in [6.45, 7) is 3.98. The van der Waals surface area contributed by atoms with E-state index in [9.17, 15) is 19.5 Å². The van der Waals surface area contributed by atoms with Gasteiger partial charge in [0, 0.05) is 25.4 Å². The first kappa shape index (κ1) is 23.3. The SMILES string of the molecule is CCC(CC)(CNC(=O)CCNC(=O)OCC1c2ccccc2-c2ccccc21)C(=O)O. The lowest BCUT2D eigenvalue weighted by atomic mass is 9.82. The summed E-state index contributed by atoms with van der Waals surface area (Å²) in [5, 5.41) is 14.7. The van der Waals surface area contributed by atoms with Gasteiger partial charge in [-0.2, -0.15) is 0 Å². The van der Waals surface area contributed by atoms with E-state index in [0.29, 0.717) is 12.8 Å². The Bertz CT molecular complexity index is 938. The molecule has 0 spiro atoms. The Hall–Kier alpha value is -3.35. The fourth-order valence-corrected chi connectivity index (χ4v) is 4.16. The summed E-state index contributed by atoms with van der Waals surface area (Å²) in [7, 11) is 0. The fourth-order valence-electron chi connectivity index (χ4n) is 4.16. The van der Waals surface area contributed by atoms with Gasteiger partial charge in [0.15, 0.2) is 0 Å². The second kappa shape index (κ2) is 10.3. The van der Waals surface area contributed by atoms with Crippen LogP contribution in [0.5, 0.6) is 0 Å². The van der Waals surface area contributed by atoms with Crippen molar-refractivity contribution in [2.45, 2.75) is 39.0 Å². The molecule has 0 saturated heterocycles. The predicted octanol–water partition coefficient (Wildman–Crippen LogP) is 3.92. The smallest absolute Gasteiger partial charge is 0.407 e. The molecule has 0 unspecified atom stereocenters. The minimum absolute atomic E-state index is 0.0244. The van der Waals surface area contributed by atoms with Crippen molar-refractivity contribution in [3.05, 3.63) is 59.7 Å². The van der Waals surface area contributed by atoms with Gasteiger partial charge in [-0.05, 0) is 35.1 Å². The molecule has 32 heavy (non-hydrogen) atoms. The van der Waals surface area contributed by atoms with E-state index in [2.05, 4.69) is 34.9 Å². The summed E-state index contributed by atoms with van der Waals surface area (Å²) in [5.74, 6) is -1.25. The van der Waals surface area contributed by atoms with Gasteiger partial charge in [-0.3, -0.25) is 9.59 Å². The molecule has 0 aromatic heterocycles. The number of rotatable bonds is 10. The molecule has 7 heteroatoms. The van der Waals surface area contributed by atoms with Crippen molar-refractivity contribution >= 4 is 18.0 Å². The van der Waals surface area contributed by atoms with Crippen LogP contribution in [0.25, 0.3) is 11.1 Å². The first-order valence-corrected chi connectivity index (χ1v) is 11.0. The fraction of sp³-hybridized carbons (Fsp3) is 0.400. The van der Waals surface area contributed by atoms with Gasteiger partial charge in [0.1, 0.15) is 6.61 Å². The number of aliphatic carboxylic acids is 1. The van der Waals surface area contributed by atoms with E-state index in [1.165, 1.54) is 0 Å². The van der Waals surface area contributed by atoms with Crippen LogP contribution in [0.15, 0.2) is 48.5 Å². The summed E-state index contributed by atoms with van der Waals surface area (Å²) in [5.41, 5.74) is 3.62. The quantitative estimate of drug-likeness (QED) is 0.521. The molecule has 0 heterocycles. The number of hydrogen-bond donors (Lipinski definition) is 3. The third-order valence-electron chi connectivity index (χ3n) is 6.40. The Balaban J connectivity index is 1.45. The van der Waals surface area contributed by atoms with Crippen LogP contribution in [0.2, 0.25) is 0 Å². The largest absolute Gasteiger partial charge is 0.481 e. The molecule has 170 valence electrons. The molecule has 0 bridgehead atoms. The summed E-state index contributed by atoms with van der Waals surface area (Å²) in [4.78, 5) is 35.7. The number of carboxylic acid groups (broad SMARTS) is 1. The number of carboxylic acids is 1. The number of amides is 2. The van der Waals surface area contributed by atoms with Crippen molar-refractivity contribution in [1.82, 2.24) is 10.6 Å². The number of hydrogen-bond acceptors (Lipinski definition) is 4. The average molecular weight is 439 g/mol. The van der Waals surface area contributed by atoms with Crippen molar-refractivity contribution < 1.29 is 24.2 Å². The standard InChI is InChI=1S/C25H30N2O5/c1-3-25(4-2,23(29)30)16-27-22(28)13-14-26-24(31)32-15-21-19-11-7-5-9-17(19)18-10-6-8-12-20(18)21/h5-12,21H,3-4,13-16H2,1-2H3,(H,26,31)(H,27,28)(H,29,30). The van der Waals surface area contributed by atoms with Gasteiger partial charge in [0.25, 0.3) is 0 Å². The van der Waals surface area contributed by atoms with Crippen LogP contribution in [-0.2, 0) is 14.3 Å². The van der Waals surface area contributed by atoms with Crippen LogP contribution in [0.4, 0.5) is 4.79 Å². The minimum atomic E-state index is -0.962. The maximum Gasteiger partial charge on any atom is 0.407 e. The molecule has 0 atom stereocenters. The summed E-state index contributed by atoms with van der Waals surface area (Å²) >= 11 is 0. The molecule has 0 saturated carbocycles. The molecule has 2 amide bonds. The van der Waals surface area contributed by atoms with E-state index in [-0.39, 0.29) is 37.9 Å². The molecule has 0 fully saturated rings. The molecule has 3 N–H and O–H groups in total. The number of carbonyl (C=O) groups is 3. The van der Waals surface area contributed by atoms with Crippen LogP contribution < -0.4 is 10.6 Å². The van der Waals surface area contributed by atoms with Crippen LogP contribution in [-0.4, -0.2) is 42.8 Å². The van der Waals surface area contributed by atoms with E-state index in [4.69, 9.17) is 4.74 Å². The molecule has 0 radical (unpaired) electrons. The maximum atomic E-state index is 12.2. The first-order valence-electron chi connectivity index (χ1n) is 11.0. The molecule has 3 rings (SSSR count). The van der Waals surface area contributed by atoms with Crippen LogP contribution in [0.1, 0.15) is 50.2 Å². The van der Waals surface area contributed by atoms with Gasteiger partial charge in [-0.1, -0.05) is 62.4 Å². The molecular weight excluding hydrogens is 408 g/mol. The number of alkyl carbamates (subject to hydrolysis) is 1. The van der Waals surface area contributed by atoms with Crippen molar-refractivity contribution in [3.8, 4) is 11.1 Å². The number of ether oxygens (including phenoxy) is 1. The number of fused-ring (bicyclic) bond motifs is 3. The summed E-state index contributed by atoms with van der Waals surface area (Å²) < 4.78 is 5.44. The molecular formula is C25H30N2O5. The summed E-state index contributed by atoms with van der Waals surface area (Å²) in [6, 6.07) is 16.2. The lowest BCUT2D eigenvalue weighted by Gasteiger charge is -2.26. The zero-order valence-corrected chi connectivity index (χ0v) is 18.5. The van der Waals surface area contributed by atoms with Gasteiger partial charge in [0.2, 0.25) is 5.91 Å². The van der Waals surface area contributed by atoms with E-state index in [1.54, 1.807) is 13.8 Å². The molecule has 2 aromatic carbocycles. The monoisotopic (exact) mass is 438 g/mol. The van der Waals surface area contributed by atoms with E-state index in [1.807, 2.05) is 24.3 Å². The molecule has 1 aliphatic carbocycles. The highest BCUT2D eigenvalue weighted by Crippen LogP contribution is 2.44. The Morgan fingerprint density at radius 2 is 1.50 bits per heavy atom. The molecule has 1 aliphatic rings. The zero-order valence-electron chi connectivity index (χ0n) is 18.5. The van der Waals surface area contributed by atoms with Crippen LogP contribution in [0.3, 0.4) is 0 Å². The van der Waals surface area contributed by atoms with Gasteiger partial charge >= 0.3 is 12.1 Å². The normalized spacial score (nSPS) is 12.6. The highest BCUT2D eigenvalue weighted by atomic mass is 16.5. The Labute approximate surface area is 188 Å². The lowest BCUT2D eigenvalue weighted by molar-refractivity contribution is -0.149. The first-order chi connectivity index (χ1) is 15.4. The Kier molecular flexibility index (Phi) is 7.51. The number of benzene rings is 2. The Morgan fingerprint density at radius 1 is 0.938 bits per heavy atom. The van der Waals surface area contributed by atoms with Gasteiger partial charge in [-0.15, -0.1) is 0 Å². The number of carbonyl (C=O) groups excluding carboxylic acids is 2. The van der Waals surface area contributed by atoms with E-state index >= 15 is 0 Å². The van der Waals surface area contributed by atoms with Gasteiger partial charge in [0.05, 0.1) is 5.41 Å². The van der Waals surface area contributed by atoms with Crippen molar-refractivity contribution in [1.29, 1.82) is 0 Å². The summed E-state index contributed by atoms with van der Waals surface area (Å²) in [6.07, 6.45) is 0.323. The van der Waals surface area contributed by atoms with E-state index in [0.717, 1.165) is 22.3 Å². The van der Waals surface area contributed by atoms with Crippen LogP contribution >= 0.6 is 0 Å². The molecule has 0 aliphatic heterocycles. The minimum Gasteiger partial charge on any atom is -0.481 e. The third-order valence-corrected chi connectivity index (χ3v) is 6.40. The second-order valence-corrected chi connectivity index (χ2v) is 8.07. The van der Waals surface area contributed by atoms with Crippen molar-refractivity contribution in [2.24, 2.45) is 5.41 Å². The van der Waals surface area contributed by atoms with E-state index < -0.39 is 17.5 Å². The zero-order chi connectivity index (χ0) is 23.1. The highest BCUT2D eigenvalue weighted by Gasteiger charge is 2.35. The van der Waals surface area contributed by atoms with Crippen LogP contribution in [0, 0.1) is 5.41 Å². The third kappa shape index (κ3) is 4.93. The van der Waals surface area contributed by atoms with Crippen molar-refractivity contribution in [2.75, 3.05) is 19.7 Å². The van der Waals surface area contributed by atoms with Gasteiger partial charge in [-0.25, -0.2) is 4.79 Å². The predicted molar refractivity (Wildman–Crippen MR) is 121 cm³/mol. The number of nitrogens with one attached hydrogen (secondary N) is 2. The molecule has 2 aromatic rings. The second-order valence-electron chi connectivity index (χ2n) is 8.07. The topological polar surface area (TPSA) is 105 Å². The highest BCUT2D eigenvalue weighted by molar-refractivity contribution is 5.80. The van der Waals surface area contributed by atoms with Crippen molar-refractivity contribution in [3.63, 3.8) is 0 Å². The average Bonchev–Trinajstić information content (AvgIpc) is 3.12.